The van der Waals surface area contributed by atoms with Crippen molar-refractivity contribution >= 4 is 236 Å². The zero-order chi connectivity index (χ0) is 48.0. The third kappa shape index (κ3) is 7.18. The molecule has 0 N–H and O–H groups in total. The lowest BCUT2D eigenvalue weighted by molar-refractivity contribution is 0.669. The number of para-hydroxylation sites is 1. The van der Waals surface area contributed by atoms with Gasteiger partial charge in [0, 0.05) is 38.8 Å². The van der Waals surface area contributed by atoms with Gasteiger partial charge in [-0.05, 0) is 52.2 Å². The molecule has 0 amide bonds. The van der Waals surface area contributed by atoms with Crippen LogP contribution in [0.3, 0.4) is 0 Å². The maximum absolute atomic E-state index is 6.79. The molecule has 2 heterocycles. The summed E-state index contributed by atoms with van der Waals surface area (Å²) >= 11 is 0. The van der Waals surface area contributed by atoms with Gasteiger partial charge in [-0.2, -0.15) is 0 Å². The van der Waals surface area contributed by atoms with Crippen LogP contribution in [0.25, 0.3) is 78.0 Å². The Morgan fingerprint density at radius 1 is 0.353 bits per heavy atom. The number of anilines is 3. The van der Waals surface area contributed by atoms with Gasteiger partial charge in [-0.3, -0.25) is 0 Å². The minimum atomic E-state index is 0.598. The minimum absolute atomic E-state index is 0.598. The van der Waals surface area contributed by atoms with Crippen LogP contribution in [0.15, 0.2) is 114 Å². The number of hydrogen-bond donors (Lipinski definition) is 0. The highest BCUT2D eigenvalue weighted by Crippen LogP contribution is 2.40. The average molecular weight is 858 g/mol. The Morgan fingerprint density at radius 2 is 0.853 bits per heavy atom. The topological polar surface area (TPSA) is 55.1 Å². The highest BCUT2D eigenvalue weighted by Gasteiger charge is 2.29. The molecule has 0 saturated heterocycles. The number of hydrogen-bond acceptors (Lipinski definition) is 5. The third-order valence-corrected chi connectivity index (χ3v) is 15.7. The van der Waals surface area contributed by atoms with Gasteiger partial charge in [0.25, 0.3) is 0 Å². The van der Waals surface area contributed by atoms with E-state index in [0.29, 0.717) is 17.5 Å². The summed E-state index contributed by atoms with van der Waals surface area (Å²) in [5.74, 6) is 1.84. The second-order valence-corrected chi connectivity index (χ2v) is 19.3. The van der Waals surface area contributed by atoms with Crippen molar-refractivity contribution in [2.75, 3.05) is 4.90 Å². The lowest BCUT2D eigenvalue weighted by atomic mass is 9.61. The summed E-state index contributed by atoms with van der Waals surface area (Å²) in [4.78, 5) is 18.2. The summed E-state index contributed by atoms with van der Waals surface area (Å²) in [6, 6.07) is 38.0. The van der Waals surface area contributed by atoms with Crippen molar-refractivity contribution in [3.63, 3.8) is 0 Å². The van der Waals surface area contributed by atoms with E-state index in [1.807, 2.05) is 48.5 Å². The molecule has 0 saturated carbocycles. The largest absolute Gasteiger partial charge is 0.456 e. The molecule has 310 valence electrons. The van der Waals surface area contributed by atoms with Crippen LogP contribution in [0.2, 0.25) is 0 Å². The lowest BCUT2D eigenvalue weighted by Gasteiger charge is -2.37. The molecule has 0 aliphatic carbocycles. The minimum Gasteiger partial charge on any atom is -0.456 e. The molecule has 19 heteroatoms. The van der Waals surface area contributed by atoms with Crippen LogP contribution >= 0.6 is 0 Å². The molecule has 5 nitrogen and oxygen atoms in total. The van der Waals surface area contributed by atoms with E-state index in [4.69, 9.17) is 19.4 Å². The van der Waals surface area contributed by atoms with Gasteiger partial charge >= 0.3 is 0 Å². The normalized spacial score (nSPS) is 11.5. The Hall–Kier alpha value is -6.46. The number of benzene rings is 8. The molecule has 0 bridgehead atoms. The molecule has 0 spiro atoms. The number of nitrogens with zero attached hydrogens (tertiary/aromatic N) is 4. The van der Waals surface area contributed by atoms with Crippen molar-refractivity contribution in [1.82, 2.24) is 15.0 Å². The number of fused-ring (bicyclic) bond motifs is 4. The highest BCUT2D eigenvalue weighted by molar-refractivity contribution is 6.71. The molecule has 0 aliphatic rings. The van der Waals surface area contributed by atoms with Crippen LogP contribution in [0.5, 0.6) is 0 Å². The van der Waals surface area contributed by atoms with Gasteiger partial charge in [0.2, 0.25) is 0 Å². The summed E-state index contributed by atoms with van der Waals surface area (Å²) in [5.41, 5.74) is 28.5. The van der Waals surface area contributed by atoms with E-state index in [0.717, 1.165) is 44.2 Å². The van der Waals surface area contributed by atoms with Crippen molar-refractivity contribution in [2.45, 2.75) is 0 Å². The van der Waals surface area contributed by atoms with E-state index >= 15 is 0 Å². The van der Waals surface area contributed by atoms with E-state index in [-0.39, 0.29) is 0 Å². The van der Waals surface area contributed by atoms with Gasteiger partial charge in [0.15, 0.2) is 17.5 Å². The van der Waals surface area contributed by atoms with E-state index < -0.39 is 0 Å². The second kappa shape index (κ2) is 17.2. The highest BCUT2D eigenvalue weighted by atomic mass is 16.3. The van der Waals surface area contributed by atoms with Crippen molar-refractivity contribution in [1.29, 1.82) is 0 Å². The second-order valence-electron chi connectivity index (χ2n) is 19.3. The predicted molar refractivity (Wildman–Crippen MR) is 336 cm³/mol. The van der Waals surface area contributed by atoms with Gasteiger partial charge in [-0.1, -0.05) is 139 Å². The third-order valence-electron chi connectivity index (χ3n) is 15.7. The summed E-state index contributed by atoms with van der Waals surface area (Å²) < 4.78 is 6.79. The Kier molecular flexibility index (Phi) is 11.5. The molecule has 68 heavy (non-hydrogen) atoms. The van der Waals surface area contributed by atoms with Crippen LogP contribution < -0.4 is 81.4 Å². The van der Waals surface area contributed by atoms with Crippen LogP contribution in [0, 0.1) is 0 Å². The van der Waals surface area contributed by atoms with Crippen molar-refractivity contribution in [3.8, 4) is 45.3 Å². The standard InChI is InChI=1S/C49H46B14N4O/c50-24-17-26(32-33(34(24)52)40(58)43(61)42(60)39(32)57)67(27-18-25(51)35(53)41(59)36(27)54)46-44(62)37(55)30(38(56)45(46)63)21-15-23(31-22-13-7-8-14-28(22)68-29(31)16-21)49-65-47(19-9-3-1-4-10-19)64-48(66-49)20-11-5-2-6-12-20/h1-18H,50-63H2. The molecule has 0 unspecified atom stereocenters. The summed E-state index contributed by atoms with van der Waals surface area (Å²) in [7, 11) is 32.1. The van der Waals surface area contributed by atoms with Gasteiger partial charge < -0.3 is 9.32 Å². The quantitative estimate of drug-likeness (QED) is 0.149. The summed E-state index contributed by atoms with van der Waals surface area (Å²) in [5, 5.41) is 4.69. The molecule has 10 rings (SSSR count). The SMILES string of the molecule is Bc1cc(N(c2c(B)c(B)c(-c3cc(-c4nc(-c5ccccc5)nc(-c5ccccc5)n4)c4c(c3)oc3ccccc34)c(B)c2B)c2cc(B)c(B)c3c(B)c(B)c(B)c(B)c23)c(B)c(B)c1B. The van der Waals surface area contributed by atoms with E-state index in [1.54, 1.807) is 0 Å². The van der Waals surface area contributed by atoms with Crippen LogP contribution in [0.4, 0.5) is 17.1 Å². The molecule has 10 aromatic rings. The van der Waals surface area contributed by atoms with Crippen molar-refractivity contribution in [2.24, 2.45) is 0 Å². The molecule has 2 aromatic heterocycles. The first-order valence-electron chi connectivity index (χ1n) is 23.9. The Bertz CT molecular complexity index is 3670. The maximum atomic E-state index is 6.79. The Labute approximate surface area is 412 Å². The molecule has 0 fully saturated rings. The summed E-state index contributed by atoms with van der Waals surface area (Å²) in [6.07, 6.45) is 0. The first-order valence-corrected chi connectivity index (χ1v) is 23.9. The predicted octanol–water partition coefficient (Wildman–Crippen LogP) is -11.3. The fourth-order valence-electron chi connectivity index (χ4n) is 10.8. The first kappa shape index (κ1) is 45.3. The first-order chi connectivity index (χ1) is 32.6. The maximum Gasteiger partial charge on any atom is 0.164 e. The number of rotatable bonds is 7. The Morgan fingerprint density at radius 3 is 1.46 bits per heavy atom. The smallest absolute Gasteiger partial charge is 0.164 e. The van der Waals surface area contributed by atoms with Crippen molar-refractivity contribution in [3.05, 3.63) is 109 Å². The van der Waals surface area contributed by atoms with Crippen LogP contribution in [-0.2, 0) is 0 Å². The fourth-order valence-corrected chi connectivity index (χ4v) is 10.8. The molecule has 0 atom stereocenters. The zero-order valence-electron chi connectivity index (χ0n) is 42.1. The van der Waals surface area contributed by atoms with Crippen molar-refractivity contribution < 1.29 is 4.42 Å². The van der Waals surface area contributed by atoms with E-state index in [9.17, 15) is 0 Å². The van der Waals surface area contributed by atoms with E-state index in [1.165, 1.54) is 110 Å². The van der Waals surface area contributed by atoms with Crippen LogP contribution in [-0.4, -0.2) is 125 Å². The Balaban J connectivity index is 1.28. The summed E-state index contributed by atoms with van der Waals surface area (Å²) in [6.45, 7) is 0. The van der Waals surface area contributed by atoms with Gasteiger partial charge in [0.05, 0.1) is 5.69 Å². The number of furan rings is 1. The molecule has 8 aromatic carbocycles. The molecular formula is C49H46B14N4O. The zero-order valence-corrected chi connectivity index (χ0v) is 42.1. The van der Waals surface area contributed by atoms with Gasteiger partial charge in [-0.25, -0.2) is 15.0 Å². The number of aromatic nitrogens is 3. The molecular weight excluding hydrogens is 812 g/mol. The lowest BCUT2D eigenvalue weighted by Crippen LogP contribution is -2.52. The average Bonchev–Trinajstić information content (AvgIpc) is 3.73. The fraction of sp³-hybridized carbons (Fsp3) is 0. The van der Waals surface area contributed by atoms with Crippen LogP contribution in [0.1, 0.15) is 0 Å². The van der Waals surface area contributed by atoms with Gasteiger partial charge in [0.1, 0.15) is 121 Å². The van der Waals surface area contributed by atoms with E-state index in [2.05, 4.69) is 175 Å². The van der Waals surface area contributed by atoms with Gasteiger partial charge in [-0.15, -0.1) is 16.4 Å². The monoisotopic (exact) mass is 860 g/mol. The molecule has 0 radical (unpaired) electrons. The molecule has 0 aliphatic heterocycles.